The van der Waals surface area contributed by atoms with Gasteiger partial charge < -0.3 is 8.83 Å². The molecule has 24 heavy (non-hydrogen) atoms. The van der Waals surface area contributed by atoms with Crippen molar-refractivity contribution in [1.82, 2.24) is 0 Å². The van der Waals surface area contributed by atoms with Gasteiger partial charge in [-0.25, -0.2) is 0 Å². The van der Waals surface area contributed by atoms with Crippen molar-refractivity contribution >= 4 is 33.0 Å². The molecule has 0 radical (unpaired) electrons. The quantitative estimate of drug-likeness (QED) is 0.401. The molecule has 0 aliphatic carbocycles. The van der Waals surface area contributed by atoms with Crippen molar-refractivity contribution in [1.29, 1.82) is 0 Å². The highest BCUT2D eigenvalue weighted by molar-refractivity contribution is 6.12. The third kappa shape index (κ3) is 1.69. The van der Waals surface area contributed by atoms with Crippen LogP contribution in [-0.2, 0) is 7.05 Å². The second-order valence-corrected chi connectivity index (χ2v) is 6.18. The number of fused-ring (bicyclic) bond motifs is 5. The number of nitrogens with zero attached hydrogens (tertiary/aromatic N) is 1. The summed E-state index contributed by atoms with van der Waals surface area (Å²) in [7, 11) is 2.03. The predicted molar refractivity (Wildman–Crippen MR) is 94.8 cm³/mol. The molecule has 0 unspecified atom stereocenters. The van der Waals surface area contributed by atoms with E-state index in [1.54, 1.807) is 0 Å². The number of furan rings is 1. The van der Waals surface area contributed by atoms with Crippen LogP contribution >= 0.6 is 0 Å². The van der Waals surface area contributed by atoms with E-state index in [1.807, 2.05) is 31.3 Å². The fourth-order valence-electron chi connectivity index (χ4n) is 3.48. The molecule has 0 N–H and O–H groups in total. The fourth-order valence-corrected chi connectivity index (χ4v) is 3.48. The Hall–Kier alpha value is -3.07. The largest absolute Gasteiger partial charge is 0.419 e. The second-order valence-electron chi connectivity index (χ2n) is 6.18. The molecule has 0 aliphatic heterocycles. The Bertz CT molecular complexity index is 1230. The first-order valence-corrected chi connectivity index (χ1v) is 8.03. The zero-order valence-electron chi connectivity index (χ0n) is 13.5. The van der Waals surface area contributed by atoms with E-state index in [-0.39, 0.29) is 0 Å². The van der Waals surface area contributed by atoms with Crippen LogP contribution in [-0.4, -0.2) is 0 Å². The van der Waals surface area contributed by atoms with Crippen LogP contribution in [0.1, 0.15) is 5.56 Å². The molecule has 3 nitrogen and oxygen atoms in total. The van der Waals surface area contributed by atoms with Gasteiger partial charge in [-0.1, -0.05) is 48.5 Å². The van der Waals surface area contributed by atoms with Crippen LogP contribution in [0.3, 0.4) is 0 Å². The summed E-state index contributed by atoms with van der Waals surface area (Å²) in [5, 5.41) is 3.36. The van der Waals surface area contributed by atoms with E-state index >= 15 is 0 Å². The summed E-state index contributed by atoms with van der Waals surface area (Å²) >= 11 is 0. The maximum atomic E-state index is 6.10. The fraction of sp³-hybridized carbons (Fsp3) is 0.0952. The number of rotatable bonds is 1. The number of oxazole rings is 1. The predicted octanol–water partition coefficient (Wildman–Crippen LogP) is 5.13. The van der Waals surface area contributed by atoms with E-state index < -0.39 is 0 Å². The Morgan fingerprint density at radius 3 is 2.46 bits per heavy atom. The van der Waals surface area contributed by atoms with Crippen LogP contribution in [0.4, 0.5) is 0 Å². The monoisotopic (exact) mass is 314 g/mol. The van der Waals surface area contributed by atoms with Gasteiger partial charge >= 0.3 is 17.2 Å². The van der Waals surface area contributed by atoms with Crippen molar-refractivity contribution in [3.8, 4) is 11.5 Å². The molecule has 3 heteroatoms. The lowest BCUT2D eigenvalue weighted by Gasteiger charge is -1.99. The zero-order valence-corrected chi connectivity index (χ0v) is 13.5. The van der Waals surface area contributed by atoms with Gasteiger partial charge in [-0.05, 0) is 30.0 Å². The van der Waals surface area contributed by atoms with Crippen LogP contribution in [0.2, 0.25) is 0 Å². The molecule has 0 aliphatic rings. The molecule has 0 saturated carbocycles. The van der Waals surface area contributed by atoms with Crippen LogP contribution in [0.25, 0.3) is 44.5 Å². The first-order valence-electron chi connectivity index (χ1n) is 8.03. The summed E-state index contributed by atoms with van der Waals surface area (Å²) in [5.74, 6) is 1.39. The minimum absolute atomic E-state index is 0.571. The normalized spacial score (nSPS) is 11.8. The third-order valence-electron chi connectivity index (χ3n) is 4.73. The second kappa shape index (κ2) is 4.71. The summed E-state index contributed by atoms with van der Waals surface area (Å²) < 4.78 is 14.3. The van der Waals surface area contributed by atoms with Crippen molar-refractivity contribution in [3.05, 3.63) is 66.2 Å². The molecule has 0 amide bonds. The molecular weight excluding hydrogens is 298 g/mol. The molecule has 0 fully saturated rings. The van der Waals surface area contributed by atoms with Crippen molar-refractivity contribution < 1.29 is 13.4 Å². The number of benzene rings is 3. The molecule has 5 rings (SSSR count). The molecule has 0 bridgehead atoms. The zero-order chi connectivity index (χ0) is 16.3. The van der Waals surface area contributed by atoms with Crippen molar-refractivity contribution in [3.63, 3.8) is 0 Å². The van der Waals surface area contributed by atoms with Crippen LogP contribution in [0.15, 0.2) is 69.5 Å². The van der Waals surface area contributed by atoms with Gasteiger partial charge in [-0.2, -0.15) is 4.57 Å². The topological polar surface area (TPSA) is 30.2 Å². The number of hydrogen-bond donors (Lipinski definition) is 0. The van der Waals surface area contributed by atoms with Crippen molar-refractivity contribution in [2.45, 2.75) is 6.92 Å². The van der Waals surface area contributed by atoms with Gasteiger partial charge in [0.2, 0.25) is 0 Å². The van der Waals surface area contributed by atoms with Gasteiger partial charge in [0.05, 0.1) is 10.9 Å². The van der Waals surface area contributed by atoms with E-state index in [1.165, 1.54) is 10.9 Å². The standard InChI is InChI=1S/C21H16NO2/c1-13-7-3-5-9-15(13)20-22(2)18-17-12-11-14-8-4-6-10-16(14)19(17)23-21(18)24-20/h3-12H,1-2H3/q+1. The Kier molecular flexibility index (Phi) is 2.63. The van der Waals surface area contributed by atoms with Crippen molar-refractivity contribution in [2.75, 3.05) is 0 Å². The van der Waals surface area contributed by atoms with Gasteiger partial charge in [0.15, 0.2) is 5.58 Å². The van der Waals surface area contributed by atoms with E-state index in [9.17, 15) is 0 Å². The molecule has 5 aromatic rings. The molecular formula is C21H16NO2+. The Morgan fingerprint density at radius 1 is 0.792 bits per heavy atom. The number of hydrogen-bond acceptors (Lipinski definition) is 2. The summed E-state index contributed by atoms with van der Waals surface area (Å²) in [6.07, 6.45) is 0. The molecule has 3 aromatic carbocycles. The van der Waals surface area contributed by atoms with E-state index in [0.717, 1.165) is 33.3 Å². The van der Waals surface area contributed by atoms with Crippen LogP contribution < -0.4 is 4.57 Å². The highest BCUT2D eigenvalue weighted by Crippen LogP contribution is 2.35. The van der Waals surface area contributed by atoms with E-state index in [4.69, 9.17) is 8.83 Å². The average Bonchev–Trinajstić information content (AvgIpc) is 3.12. The molecule has 0 atom stereocenters. The first kappa shape index (κ1) is 13.4. The van der Waals surface area contributed by atoms with Gasteiger partial charge in [-0.3, -0.25) is 0 Å². The molecule has 116 valence electrons. The lowest BCUT2D eigenvalue weighted by Crippen LogP contribution is -2.28. The summed E-state index contributed by atoms with van der Waals surface area (Å²) in [6.45, 7) is 2.09. The summed E-state index contributed by atoms with van der Waals surface area (Å²) in [6, 6.07) is 20.7. The third-order valence-corrected chi connectivity index (χ3v) is 4.73. The minimum Gasteiger partial charge on any atom is -0.419 e. The van der Waals surface area contributed by atoms with E-state index in [0.29, 0.717) is 5.78 Å². The maximum absolute atomic E-state index is 6.10. The highest BCUT2D eigenvalue weighted by atomic mass is 16.5. The van der Waals surface area contributed by atoms with Gasteiger partial charge in [-0.15, -0.1) is 0 Å². The summed E-state index contributed by atoms with van der Waals surface area (Å²) in [5.41, 5.74) is 4.14. The highest BCUT2D eigenvalue weighted by Gasteiger charge is 2.28. The van der Waals surface area contributed by atoms with Gasteiger partial charge in [0.25, 0.3) is 0 Å². The van der Waals surface area contributed by atoms with E-state index in [2.05, 4.69) is 47.9 Å². The molecule has 2 aromatic heterocycles. The molecule has 0 saturated heterocycles. The average molecular weight is 314 g/mol. The Labute approximate surface area is 138 Å². The van der Waals surface area contributed by atoms with Crippen LogP contribution in [0, 0.1) is 6.92 Å². The lowest BCUT2D eigenvalue weighted by molar-refractivity contribution is -0.636. The first-order chi connectivity index (χ1) is 11.7. The minimum atomic E-state index is 0.571. The van der Waals surface area contributed by atoms with Gasteiger partial charge in [0.1, 0.15) is 7.05 Å². The Morgan fingerprint density at radius 2 is 1.58 bits per heavy atom. The number of aromatic nitrogens is 1. The molecule has 2 heterocycles. The molecule has 0 spiro atoms. The van der Waals surface area contributed by atoms with Gasteiger partial charge in [0, 0.05) is 5.39 Å². The SMILES string of the molecule is Cc1ccccc1-c1oc2oc3c4ccccc4ccc3c2[n+]1C. The lowest BCUT2D eigenvalue weighted by atomic mass is 10.1. The smallest absolute Gasteiger partial charge is 0.384 e. The number of aryl methyl sites for hydroxylation is 2. The van der Waals surface area contributed by atoms with Crippen molar-refractivity contribution in [2.24, 2.45) is 7.05 Å². The summed E-state index contributed by atoms with van der Waals surface area (Å²) in [4.78, 5) is 0. The van der Waals surface area contributed by atoms with Crippen LogP contribution in [0.5, 0.6) is 0 Å². The maximum Gasteiger partial charge on any atom is 0.384 e. The Balaban J connectivity index is 1.88.